The number of hydrogen-bond donors (Lipinski definition) is 3. The Morgan fingerprint density at radius 1 is 0.450 bits per heavy atom. The van der Waals surface area contributed by atoms with Crippen molar-refractivity contribution in [2.75, 3.05) is 0 Å². The average Bonchev–Trinajstić information content (AvgIpc) is 2.80. The predicted molar refractivity (Wildman–Crippen MR) is 169 cm³/mol. The van der Waals surface area contributed by atoms with Gasteiger partial charge in [-0.3, -0.25) is 0 Å². The molecule has 0 atom stereocenters. The molecule has 3 nitrogen and oxygen atoms in total. The molecule has 0 aliphatic heterocycles. The molecule has 3 heteroatoms. The Hall–Kier alpha value is -2.94. The molecular formula is C37H52O3. The Morgan fingerprint density at radius 3 is 1.12 bits per heavy atom. The Morgan fingerprint density at radius 2 is 0.775 bits per heavy atom. The van der Waals surface area contributed by atoms with Crippen LogP contribution in [0.4, 0.5) is 0 Å². The fraction of sp³-hybridized carbons (Fsp3) is 0.514. The lowest BCUT2D eigenvalue weighted by Gasteiger charge is -2.40. The van der Waals surface area contributed by atoms with E-state index in [1.165, 1.54) is 16.7 Å². The highest BCUT2D eigenvalue weighted by atomic mass is 16.3. The fourth-order valence-corrected chi connectivity index (χ4v) is 6.01. The van der Waals surface area contributed by atoms with Crippen LogP contribution >= 0.6 is 0 Å². The molecule has 40 heavy (non-hydrogen) atoms. The molecule has 0 amide bonds. The van der Waals surface area contributed by atoms with Crippen LogP contribution in [0.2, 0.25) is 0 Å². The van der Waals surface area contributed by atoms with E-state index in [0.717, 1.165) is 46.2 Å². The van der Waals surface area contributed by atoms with Crippen molar-refractivity contribution in [3.8, 4) is 17.2 Å². The molecule has 3 aromatic carbocycles. The van der Waals surface area contributed by atoms with E-state index >= 15 is 0 Å². The summed E-state index contributed by atoms with van der Waals surface area (Å²) in [5.74, 6) is 0.973. The van der Waals surface area contributed by atoms with Crippen LogP contribution in [-0.4, -0.2) is 15.3 Å². The minimum atomic E-state index is -0.427. The molecule has 0 spiro atoms. The van der Waals surface area contributed by atoms with Crippen molar-refractivity contribution in [2.24, 2.45) is 0 Å². The SMILES string of the molecule is Cc1cc(CCC(C)(c2cc(C)c(O)cc2C(C)(C)C)c2cc(C)c(O)cc2C(C)(C)C)c(C(C)(C)C)cc1O. The maximum atomic E-state index is 10.8. The first kappa shape index (κ1) is 31.6. The molecule has 3 N–H and O–H groups in total. The van der Waals surface area contributed by atoms with Crippen LogP contribution < -0.4 is 0 Å². The number of benzene rings is 3. The maximum absolute atomic E-state index is 10.8. The van der Waals surface area contributed by atoms with Crippen LogP contribution in [0.5, 0.6) is 17.2 Å². The van der Waals surface area contributed by atoms with Crippen LogP contribution in [0.15, 0.2) is 36.4 Å². The van der Waals surface area contributed by atoms with Crippen molar-refractivity contribution in [2.45, 2.75) is 125 Å². The quantitative estimate of drug-likeness (QED) is 0.300. The zero-order valence-electron chi connectivity index (χ0n) is 27.2. The van der Waals surface area contributed by atoms with E-state index in [9.17, 15) is 15.3 Å². The van der Waals surface area contributed by atoms with Crippen LogP contribution in [-0.2, 0) is 28.1 Å². The number of hydrogen-bond acceptors (Lipinski definition) is 3. The van der Waals surface area contributed by atoms with Crippen LogP contribution in [0.1, 0.15) is 126 Å². The average molecular weight is 545 g/mol. The van der Waals surface area contributed by atoms with Crippen LogP contribution in [0.3, 0.4) is 0 Å². The summed E-state index contributed by atoms with van der Waals surface area (Å²) in [6.45, 7) is 28.0. The zero-order chi connectivity index (χ0) is 30.6. The third-order valence-electron chi connectivity index (χ3n) is 8.60. The van der Waals surface area contributed by atoms with Gasteiger partial charge in [-0.1, -0.05) is 87.4 Å². The predicted octanol–water partition coefficient (Wildman–Crippen LogP) is 9.56. The lowest BCUT2D eigenvalue weighted by atomic mass is 9.63. The molecule has 0 saturated carbocycles. The minimum Gasteiger partial charge on any atom is -0.508 e. The number of aryl methyl sites for hydroxylation is 4. The van der Waals surface area contributed by atoms with Gasteiger partial charge in [0.1, 0.15) is 17.2 Å². The van der Waals surface area contributed by atoms with E-state index < -0.39 is 5.41 Å². The van der Waals surface area contributed by atoms with Crippen molar-refractivity contribution < 1.29 is 15.3 Å². The van der Waals surface area contributed by atoms with Gasteiger partial charge in [0.15, 0.2) is 0 Å². The van der Waals surface area contributed by atoms with Crippen molar-refractivity contribution in [1.29, 1.82) is 0 Å². The highest BCUT2D eigenvalue weighted by Gasteiger charge is 2.38. The maximum Gasteiger partial charge on any atom is 0.118 e. The van der Waals surface area contributed by atoms with Crippen molar-refractivity contribution in [3.05, 3.63) is 86.5 Å². The Bertz CT molecular complexity index is 1340. The summed E-state index contributed by atoms with van der Waals surface area (Å²) in [5.41, 5.74) is 8.75. The number of phenols is 3. The number of phenolic OH excluding ortho intramolecular Hbond substituents is 3. The number of aromatic hydroxyl groups is 3. The fourth-order valence-electron chi connectivity index (χ4n) is 6.01. The molecule has 0 aliphatic rings. The van der Waals surface area contributed by atoms with Gasteiger partial charge in [-0.15, -0.1) is 0 Å². The molecule has 0 aromatic heterocycles. The van der Waals surface area contributed by atoms with E-state index in [1.807, 2.05) is 39.0 Å². The summed E-state index contributed by atoms with van der Waals surface area (Å²) in [6, 6.07) is 12.4. The van der Waals surface area contributed by atoms with Crippen LogP contribution in [0.25, 0.3) is 0 Å². The van der Waals surface area contributed by atoms with E-state index in [-0.39, 0.29) is 16.2 Å². The Balaban J connectivity index is 2.41. The largest absolute Gasteiger partial charge is 0.508 e. The van der Waals surface area contributed by atoms with Gasteiger partial charge in [0, 0.05) is 5.41 Å². The van der Waals surface area contributed by atoms with E-state index in [2.05, 4.69) is 87.4 Å². The molecule has 3 aromatic rings. The molecule has 0 radical (unpaired) electrons. The van der Waals surface area contributed by atoms with E-state index in [1.54, 1.807) is 0 Å². The zero-order valence-corrected chi connectivity index (χ0v) is 27.2. The summed E-state index contributed by atoms with van der Waals surface area (Å²) < 4.78 is 0. The third-order valence-corrected chi connectivity index (χ3v) is 8.60. The van der Waals surface area contributed by atoms with Crippen LogP contribution in [0, 0.1) is 20.8 Å². The summed E-state index contributed by atoms with van der Waals surface area (Å²) in [5, 5.41) is 32.2. The second-order valence-corrected chi connectivity index (χ2v) is 15.2. The molecule has 218 valence electrons. The van der Waals surface area contributed by atoms with Gasteiger partial charge < -0.3 is 15.3 Å². The van der Waals surface area contributed by atoms with Gasteiger partial charge in [-0.05, 0) is 118 Å². The molecule has 0 heterocycles. The lowest BCUT2D eigenvalue weighted by Crippen LogP contribution is -2.33. The lowest BCUT2D eigenvalue weighted by molar-refractivity contribution is 0.444. The Labute approximate surface area is 243 Å². The van der Waals surface area contributed by atoms with E-state index in [0.29, 0.717) is 17.2 Å². The second kappa shape index (κ2) is 10.5. The molecule has 0 aliphatic carbocycles. The third kappa shape index (κ3) is 6.19. The first-order valence-corrected chi connectivity index (χ1v) is 14.6. The minimum absolute atomic E-state index is 0.117. The monoisotopic (exact) mass is 544 g/mol. The highest BCUT2D eigenvalue weighted by molar-refractivity contribution is 5.56. The highest BCUT2D eigenvalue weighted by Crippen LogP contribution is 2.48. The summed E-state index contributed by atoms with van der Waals surface area (Å²) in [6.07, 6.45) is 1.64. The standard InChI is InChI=1S/C37H52O3/c1-22-16-25(26(19-31(22)38)34(4,5)6)14-15-37(13,29-17-23(2)32(39)20-27(29)35(7,8)9)30-18-24(3)33(40)21-28(30)36(10,11)12/h16-21,38-40H,14-15H2,1-13H3. The number of rotatable bonds is 5. The van der Waals surface area contributed by atoms with Crippen molar-refractivity contribution in [1.82, 2.24) is 0 Å². The molecule has 0 saturated heterocycles. The summed E-state index contributed by atoms with van der Waals surface area (Å²) in [4.78, 5) is 0. The topological polar surface area (TPSA) is 60.7 Å². The van der Waals surface area contributed by atoms with Crippen molar-refractivity contribution in [3.63, 3.8) is 0 Å². The normalized spacial score (nSPS) is 13.1. The Kier molecular flexibility index (Phi) is 8.27. The first-order valence-electron chi connectivity index (χ1n) is 14.6. The van der Waals surface area contributed by atoms with Crippen molar-refractivity contribution >= 4 is 0 Å². The van der Waals surface area contributed by atoms with Gasteiger partial charge in [-0.2, -0.15) is 0 Å². The summed E-state index contributed by atoms with van der Waals surface area (Å²) in [7, 11) is 0. The molecule has 0 bridgehead atoms. The molecule has 3 rings (SSSR count). The van der Waals surface area contributed by atoms with Gasteiger partial charge in [0.2, 0.25) is 0 Å². The smallest absolute Gasteiger partial charge is 0.118 e. The van der Waals surface area contributed by atoms with Gasteiger partial charge in [0.25, 0.3) is 0 Å². The van der Waals surface area contributed by atoms with Gasteiger partial charge in [-0.25, -0.2) is 0 Å². The van der Waals surface area contributed by atoms with Gasteiger partial charge in [0.05, 0.1) is 0 Å². The van der Waals surface area contributed by atoms with E-state index in [4.69, 9.17) is 0 Å². The first-order chi connectivity index (χ1) is 18.1. The molecular weight excluding hydrogens is 492 g/mol. The molecule has 0 unspecified atom stereocenters. The summed E-state index contributed by atoms with van der Waals surface area (Å²) >= 11 is 0. The molecule has 0 fully saturated rings. The second-order valence-electron chi connectivity index (χ2n) is 15.2. The van der Waals surface area contributed by atoms with Gasteiger partial charge >= 0.3 is 0 Å².